The van der Waals surface area contributed by atoms with Crippen LogP contribution in [-0.2, 0) is 11.2 Å². The summed E-state index contributed by atoms with van der Waals surface area (Å²) in [5, 5.41) is 12.0. The quantitative estimate of drug-likeness (QED) is 0.819. The molecule has 5 heteroatoms. The highest BCUT2D eigenvalue weighted by atomic mass is 79.9. The van der Waals surface area contributed by atoms with Crippen molar-refractivity contribution in [1.82, 2.24) is 5.32 Å². The first-order chi connectivity index (χ1) is 8.16. The van der Waals surface area contributed by atoms with E-state index in [1.54, 1.807) is 0 Å². The van der Waals surface area contributed by atoms with Gasteiger partial charge in [0.25, 0.3) is 0 Å². The van der Waals surface area contributed by atoms with Crippen molar-refractivity contribution in [2.45, 2.75) is 38.1 Å². The van der Waals surface area contributed by atoms with Crippen molar-refractivity contribution in [1.29, 1.82) is 0 Å². The molecule has 2 rings (SSSR count). The van der Waals surface area contributed by atoms with Crippen molar-refractivity contribution < 1.29 is 9.90 Å². The summed E-state index contributed by atoms with van der Waals surface area (Å²) in [6, 6.07) is 2.61. The molecule has 17 heavy (non-hydrogen) atoms. The summed E-state index contributed by atoms with van der Waals surface area (Å²) in [5.41, 5.74) is 1.41. The van der Waals surface area contributed by atoms with Gasteiger partial charge in [-0.25, -0.2) is 0 Å². The van der Waals surface area contributed by atoms with Crippen LogP contribution in [0, 0.1) is 0 Å². The Morgan fingerprint density at radius 1 is 1.65 bits per heavy atom. The summed E-state index contributed by atoms with van der Waals surface area (Å²) in [5.74, 6) is -0.714. The third-order valence-corrected chi connectivity index (χ3v) is 4.76. The molecule has 1 aromatic heterocycles. The number of rotatable bonds is 5. The van der Waals surface area contributed by atoms with Gasteiger partial charge in [0.2, 0.25) is 0 Å². The van der Waals surface area contributed by atoms with Gasteiger partial charge in [0.05, 0.1) is 3.79 Å². The summed E-state index contributed by atoms with van der Waals surface area (Å²) >= 11 is 5.35. The van der Waals surface area contributed by atoms with Gasteiger partial charge >= 0.3 is 5.97 Å². The molecule has 2 N–H and O–H groups in total. The van der Waals surface area contributed by atoms with Crippen molar-refractivity contribution in [2.24, 2.45) is 0 Å². The Bertz CT molecular complexity index is 405. The van der Waals surface area contributed by atoms with Crippen molar-refractivity contribution in [3.63, 3.8) is 0 Å². The molecule has 0 radical (unpaired) electrons. The molecule has 0 aliphatic heterocycles. The zero-order chi connectivity index (χ0) is 12.3. The molecule has 0 bridgehead atoms. The first kappa shape index (κ1) is 13.1. The highest BCUT2D eigenvalue weighted by molar-refractivity contribution is 9.11. The maximum Gasteiger partial charge on any atom is 0.303 e. The van der Waals surface area contributed by atoms with E-state index >= 15 is 0 Å². The monoisotopic (exact) mass is 317 g/mol. The minimum Gasteiger partial charge on any atom is -0.481 e. The molecule has 0 saturated heterocycles. The van der Waals surface area contributed by atoms with E-state index in [1.165, 1.54) is 27.1 Å². The molecule has 94 valence electrons. The molecule has 0 fully saturated rings. The van der Waals surface area contributed by atoms with E-state index in [2.05, 4.69) is 27.3 Å². The average molecular weight is 318 g/mol. The van der Waals surface area contributed by atoms with Crippen LogP contribution >= 0.6 is 27.3 Å². The summed E-state index contributed by atoms with van der Waals surface area (Å²) in [6.45, 7) is 0.782. The number of nitrogens with one attached hydrogen (secondary N) is 1. The number of aliphatic carboxylic acids is 1. The Morgan fingerprint density at radius 3 is 3.24 bits per heavy atom. The minimum absolute atomic E-state index is 0.250. The van der Waals surface area contributed by atoms with Gasteiger partial charge < -0.3 is 10.4 Å². The SMILES string of the molecule is O=C(O)CCCNC1CCCc2sc(Br)cc21. The lowest BCUT2D eigenvalue weighted by Crippen LogP contribution is -2.25. The second-order valence-corrected chi connectivity index (χ2v) is 6.84. The number of thiophene rings is 1. The molecule has 3 nitrogen and oxygen atoms in total. The van der Waals surface area contributed by atoms with Crippen molar-refractivity contribution >= 4 is 33.2 Å². The summed E-state index contributed by atoms with van der Waals surface area (Å²) in [4.78, 5) is 11.9. The Hall–Kier alpha value is -0.390. The van der Waals surface area contributed by atoms with E-state index in [4.69, 9.17) is 5.11 Å². The van der Waals surface area contributed by atoms with Crippen LogP contribution in [0.15, 0.2) is 9.85 Å². The molecule has 1 aromatic rings. The van der Waals surface area contributed by atoms with Gasteiger partial charge in [-0.1, -0.05) is 0 Å². The normalized spacial score (nSPS) is 19.0. The molecule has 1 aliphatic carbocycles. The molecule has 1 aliphatic rings. The number of carboxylic acid groups (broad SMARTS) is 1. The minimum atomic E-state index is -0.714. The van der Waals surface area contributed by atoms with Crippen LogP contribution in [0.25, 0.3) is 0 Å². The van der Waals surface area contributed by atoms with Gasteiger partial charge in [-0.2, -0.15) is 0 Å². The number of hydrogen-bond acceptors (Lipinski definition) is 3. The van der Waals surface area contributed by atoms with Gasteiger partial charge in [-0.3, -0.25) is 4.79 Å². The first-order valence-electron chi connectivity index (χ1n) is 5.90. The van der Waals surface area contributed by atoms with Crippen molar-refractivity contribution in [3.05, 3.63) is 20.3 Å². The molecule has 1 atom stereocenters. The fourth-order valence-corrected chi connectivity index (χ4v) is 4.07. The fraction of sp³-hybridized carbons (Fsp3) is 0.583. The third-order valence-electron chi connectivity index (χ3n) is 3.04. The maximum absolute atomic E-state index is 10.4. The topological polar surface area (TPSA) is 49.3 Å². The van der Waals surface area contributed by atoms with E-state index in [0.717, 1.165) is 13.0 Å². The van der Waals surface area contributed by atoms with Crippen LogP contribution in [0.2, 0.25) is 0 Å². The van der Waals surface area contributed by atoms with Crippen LogP contribution < -0.4 is 5.32 Å². The van der Waals surface area contributed by atoms with Gasteiger partial charge in [0.15, 0.2) is 0 Å². The number of aryl methyl sites for hydroxylation is 1. The van der Waals surface area contributed by atoms with Crippen LogP contribution in [0.1, 0.15) is 42.2 Å². The molecule has 0 amide bonds. The fourth-order valence-electron chi connectivity index (χ4n) is 2.25. The van der Waals surface area contributed by atoms with Crippen LogP contribution in [0.4, 0.5) is 0 Å². The highest BCUT2D eigenvalue weighted by Gasteiger charge is 2.21. The molecule has 0 saturated carbocycles. The Kier molecular flexibility index (Phi) is 4.59. The summed E-state index contributed by atoms with van der Waals surface area (Å²) < 4.78 is 1.20. The lowest BCUT2D eigenvalue weighted by Gasteiger charge is -2.23. The number of fused-ring (bicyclic) bond motifs is 1. The maximum atomic E-state index is 10.4. The van der Waals surface area contributed by atoms with E-state index < -0.39 is 5.97 Å². The Morgan fingerprint density at radius 2 is 2.47 bits per heavy atom. The average Bonchev–Trinajstić information content (AvgIpc) is 2.65. The van der Waals surface area contributed by atoms with E-state index in [1.807, 2.05) is 11.3 Å². The zero-order valence-corrected chi connectivity index (χ0v) is 11.9. The molecule has 0 spiro atoms. The predicted molar refractivity (Wildman–Crippen MR) is 72.6 cm³/mol. The number of carbonyl (C=O) groups is 1. The first-order valence-corrected chi connectivity index (χ1v) is 7.51. The van der Waals surface area contributed by atoms with Crippen LogP contribution in [0.3, 0.4) is 0 Å². The van der Waals surface area contributed by atoms with E-state index in [9.17, 15) is 4.79 Å². The van der Waals surface area contributed by atoms with E-state index in [-0.39, 0.29) is 6.42 Å². The standard InChI is InChI=1S/C12H16BrNO2S/c13-11-7-8-9(3-1-4-10(8)17-11)14-6-2-5-12(15)16/h7,9,14H,1-6H2,(H,15,16). The van der Waals surface area contributed by atoms with Gasteiger partial charge in [-0.05, 0) is 59.8 Å². The molecular weight excluding hydrogens is 302 g/mol. The van der Waals surface area contributed by atoms with Gasteiger partial charge in [0.1, 0.15) is 0 Å². The second-order valence-electron chi connectivity index (χ2n) is 4.33. The highest BCUT2D eigenvalue weighted by Crippen LogP contribution is 2.37. The Labute approximate surface area is 113 Å². The zero-order valence-electron chi connectivity index (χ0n) is 9.54. The smallest absolute Gasteiger partial charge is 0.303 e. The number of halogens is 1. The van der Waals surface area contributed by atoms with Gasteiger partial charge in [-0.15, -0.1) is 11.3 Å². The molecule has 1 unspecified atom stereocenters. The lowest BCUT2D eigenvalue weighted by atomic mass is 9.94. The predicted octanol–water partition coefficient (Wildman–Crippen LogP) is 3.34. The van der Waals surface area contributed by atoms with Crippen LogP contribution in [0.5, 0.6) is 0 Å². The van der Waals surface area contributed by atoms with Crippen molar-refractivity contribution in [2.75, 3.05) is 6.54 Å². The van der Waals surface area contributed by atoms with Gasteiger partial charge in [0, 0.05) is 17.3 Å². The molecular formula is C12H16BrNO2S. The lowest BCUT2D eigenvalue weighted by molar-refractivity contribution is -0.137. The largest absolute Gasteiger partial charge is 0.481 e. The molecule has 1 heterocycles. The molecule has 0 aromatic carbocycles. The third kappa shape index (κ3) is 3.53. The van der Waals surface area contributed by atoms with E-state index in [0.29, 0.717) is 12.5 Å². The number of hydrogen-bond donors (Lipinski definition) is 2. The summed E-state index contributed by atoms with van der Waals surface area (Å²) in [6.07, 6.45) is 4.51. The van der Waals surface area contributed by atoms with Crippen LogP contribution in [-0.4, -0.2) is 17.6 Å². The Balaban J connectivity index is 1.88. The summed E-state index contributed by atoms with van der Waals surface area (Å²) in [7, 11) is 0. The second kappa shape index (κ2) is 5.98. The number of carboxylic acids is 1. The van der Waals surface area contributed by atoms with Crippen molar-refractivity contribution in [3.8, 4) is 0 Å².